The molecular weight excluding hydrogens is 267 g/mol. The van der Waals surface area contributed by atoms with Crippen LogP contribution in [0.1, 0.15) is 45.1 Å². The summed E-state index contributed by atoms with van der Waals surface area (Å²) in [7, 11) is 0. The highest BCUT2D eigenvalue weighted by atomic mass is 35.5. The average Bonchev–Trinajstić information content (AvgIpc) is 2.32. The lowest BCUT2D eigenvalue weighted by molar-refractivity contribution is -0.0720. The van der Waals surface area contributed by atoms with E-state index in [2.05, 4.69) is 13.8 Å². The minimum atomic E-state index is -0.825. The summed E-state index contributed by atoms with van der Waals surface area (Å²) in [5.41, 5.74) is -0.0240. The van der Waals surface area contributed by atoms with Gasteiger partial charge >= 0.3 is 0 Å². The van der Waals surface area contributed by atoms with Crippen molar-refractivity contribution < 1.29 is 5.11 Å². The first kappa shape index (κ1) is 14.2. The van der Waals surface area contributed by atoms with Crippen LogP contribution in [0.25, 0.3) is 0 Å². The highest BCUT2D eigenvalue weighted by molar-refractivity contribution is 6.33. The SMILES string of the molecule is CC(C)C1CCCCC1(O)c1cc(Cl)ccc1Cl. The largest absolute Gasteiger partial charge is 0.385 e. The molecule has 3 heteroatoms. The zero-order chi connectivity index (χ0) is 13.3. The van der Waals surface area contributed by atoms with Gasteiger partial charge in [-0.3, -0.25) is 0 Å². The molecule has 1 aliphatic rings. The molecule has 2 unspecified atom stereocenters. The molecule has 18 heavy (non-hydrogen) atoms. The Labute approximate surface area is 119 Å². The molecule has 1 N–H and O–H groups in total. The fourth-order valence-electron chi connectivity index (χ4n) is 3.23. The molecule has 0 heterocycles. The van der Waals surface area contributed by atoms with Crippen molar-refractivity contribution in [2.75, 3.05) is 0 Å². The monoisotopic (exact) mass is 286 g/mol. The number of benzene rings is 1. The van der Waals surface area contributed by atoms with Gasteiger partial charge in [-0.1, -0.05) is 49.9 Å². The summed E-state index contributed by atoms with van der Waals surface area (Å²) in [4.78, 5) is 0. The maximum Gasteiger partial charge on any atom is 0.0941 e. The predicted molar refractivity (Wildman–Crippen MR) is 77.2 cm³/mol. The molecule has 100 valence electrons. The third-order valence-electron chi connectivity index (χ3n) is 4.14. The highest BCUT2D eigenvalue weighted by Crippen LogP contribution is 2.47. The van der Waals surface area contributed by atoms with Crippen LogP contribution in [0.4, 0.5) is 0 Å². The van der Waals surface area contributed by atoms with Crippen LogP contribution in [-0.2, 0) is 5.60 Å². The summed E-state index contributed by atoms with van der Waals surface area (Å²) in [5, 5.41) is 12.4. The van der Waals surface area contributed by atoms with E-state index in [0.717, 1.165) is 24.8 Å². The van der Waals surface area contributed by atoms with Crippen molar-refractivity contribution in [2.24, 2.45) is 11.8 Å². The van der Waals surface area contributed by atoms with Gasteiger partial charge < -0.3 is 5.11 Å². The fourth-order valence-corrected chi connectivity index (χ4v) is 3.68. The van der Waals surface area contributed by atoms with Crippen molar-refractivity contribution in [2.45, 2.75) is 45.1 Å². The lowest BCUT2D eigenvalue weighted by atomic mass is 9.67. The number of halogens is 2. The van der Waals surface area contributed by atoms with Gasteiger partial charge in [0.25, 0.3) is 0 Å². The first-order valence-corrected chi connectivity index (χ1v) is 7.38. The van der Waals surface area contributed by atoms with Crippen LogP contribution in [0.15, 0.2) is 18.2 Å². The second-order valence-electron chi connectivity index (χ2n) is 5.64. The molecule has 1 aliphatic carbocycles. The summed E-state index contributed by atoms with van der Waals surface area (Å²) >= 11 is 12.3. The Hall–Kier alpha value is -0.240. The van der Waals surface area contributed by atoms with E-state index in [4.69, 9.17) is 23.2 Å². The minimum Gasteiger partial charge on any atom is -0.385 e. The first-order chi connectivity index (χ1) is 8.45. The molecule has 0 saturated heterocycles. The molecule has 0 amide bonds. The summed E-state index contributed by atoms with van der Waals surface area (Å²) in [6.45, 7) is 4.33. The standard InChI is InChI=1S/C15H20Cl2O/c1-10(2)12-5-3-4-8-15(12,18)13-9-11(16)6-7-14(13)17/h6-7,9-10,12,18H,3-5,8H2,1-2H3. The van der Waals surface area contributed by atoms with Crippen molar-refractivity contribution in [1.29, 1.82) is 0 Å². The Kier molecular flexibility index (Phi) is 4.25. The molecule has 1 aromatic carbocycles. The second kappa shape index (κ2) is 5.40. The Morgan fingerprint density at radius 3 is 2.67 bits per heavy atom. The van der Waals surface area contributed by atoms with Gasteiger partial charge in [0.15, 0.2) is 0 Å². The van der Waals surface area contributed by atoms with Gasteiger partial charge in [-0.05, 0) is 42.9 Å². The normalized spacial score (nSPS) is 28.7. The Balaban J connectivity index is 2.46. The summed E-state index contributed by atoms with van der Waals surface area (Å²) in [6.07, 6.45) is 4.05. The van der Waals surface area contributed by atoms with Crippen LogP contribution in [0, 0.1) is 11.8 Å². The zero-order valence-electron chi connectivity index (χ0n) is 10.9. The fraction of sp³-hybridized carbons (Fsp3) is 0.600. The molecular formula is C15H20Cl2O. The maximum atomic E-state index is 11.1. The highest BCUT2D eigenvalue weighted by Gasteiger charge is 2.42. The first-order valence-electron chi connectivity index (χ1n) is 6.63. The van der Waals surface area contributed by atoms with Crippen LogP contribution in [0.3, 0.4) is 0 Å². The number of hydrogen-bond donors (Lipinski definition) is 1. The molecule has 0 aromatic heterocycles. The van der Waals surface area contributed by atoms with Crippen LogP contribution < -0.4 is 0 Å². The Bertz CT molecular complexity index is 431. The molecule has 1 saturated carbocycles. The summed E-state index contributed by atoms with van der Waals surface area (Å²) in [5.74, 6) is 0.688. The minimum absolute atomic E-state index is 0.252. The lowest BCUT2D eigenvalue weighted by Gasteiger charge is -2.43. The maximum absolute atomic E-state index is 11.1. The second-order valence-corrected chi connectivity index (χ2v) is 6.49. The van der Waals surface area contributed by atoms with Gasteiger partial charge in [0.1, 0.15) is 0 Å². The molecule has 0 aliphatic heterocycles. The van der Waals surface area contributed by atoms with Gasteiger partial charge in [-0.25, -0.2) is 0 Å². The van der Waals surface area contributed by atoms with E-state index in [1.165, 1.54) is 6.42 Å². The van der Waals surface area contributed by atoms with Crippen molar-refractivity contribution in [1.82, 2.24) is 0 Å². The van der Waals surface area contributed by atoms with Crippen LogP contribution in [0.2, 0.25) is 10.0 Å². The molecule has 1 fully saturated rings. The van der Waals surface area contributed by atoms with Crippen molar-refractivity contribution in [3.05, 3.63) is 33.8 Å². The van der Waals surface area contributed by atoms with Crippen molar-refractivity contribution >= 4 is 23.2 Å². The Morgan fingerprint density at radius 1 is 1.28 bits per heavy atom. The third kappa shape index (κ3) is 2.54. The van der Waals surface area contributed by atoms with Gasteiger partial charge in [0.2, 0.25) is 0 Å². The van der Waals surface area contributed by atoms with E-state index in [-0.39, 0.29) is 5.92 Å². The van der Waals surface area contributed by atoms with Crippen LogP contribution >= 0.6 is 23.2 Å². The van der Waals surface area contributed by atoms with E-state index in [1.54, 1.807) is 12.1 Å². The number of rotatable bonds is 2. The molecule has 1 nitrogen and oxygen atoms in total. The van der Waals surface area contributed by atoms with E-state index in [1.807, 2.05) is 6.07 Å². The molecule has 0 bridgehead atoms. The molecule has 0 spiro atoms. The third-order valence-corrected chi connectivity index (χ3v) is 4.70. The predicted octanol–water partition coefficient (Wildman–Crippen LogP) is 5.03. The quantitative estimate of drug-likeness (QED) is 0.809. The Morgan fingerprint density at radius 2 is 2.00 bits per heavy atom. The zero-order valence-corrected chi connectivity index (χ0v) is 12.4. The van der Waals surface area contributed by atoms with E-state index >= 15 is 0 Å². The average molecular weight is 287 g/mol. The summed E-state index contributed by atoms with van der Waals surface area (Å²) in [6, 6.07) is 5.37. The van der Waals surface area contributed by atoms with E-state index in [9.17, 15) is 5.11 Å². The molecule has 2 rings (SSSR count). The van der Waals surface area contributed by atoms with Crippen molar-refractivity contribution in [3.63, 3.8) is 0 Å². The number of aliphatic hydroxyl groups is 1. The topological polar surface area (TPSA) is 20.2 Å². The van der Waals surface area contributed by atoms with Crippen LogP contribution in [0.5, 0.6) is 0 Å². The van der Waals surface area contributed by atoms with E-state index < -0.39 is 5.60 Å². The van der Waals surface area contributed by atoms with Gasteiger partial charge in [-0.2, -0.15) is 0 Å². The van der Waals surface area contributed by atoms with Gasteiger partial charge in [0, 0.05) is 15.6 Å². The molecule has 1 aromatic rings. The molecule has 2 atom stereocenters. The van der Waals surface area contributed by atoms with E-state index in [0.29, 0.717) is 16.0 Å². The number of hydrogen-bond acceptors (Lipinski definition) is 1. The van der Waals surface area contributed by atoms with Gasteiger partial charge in [0.05, 0.1) is 5.60 Å². The van der Waals surface area contributed by atoms with Crippen LogP contribution in [-0.4, -0.2) is 5.11 Å². The lowest BCUT2D eigenvalue weighted by Crippen LogP contribution is -2.41. The van der Waals surface area contributed by atoms with Crippen molar-refractivity contribution in [3.8, 4) is 0 Å². The summed E-state index contributed by atoms with van der Waals surface area (Å²) < 4.78 is 0. The smallest absolute Gasteiger partial charge is 0.0941 e. The van der Waals surface area contributed by atoms with Gasteiger partial charge in [-0.15, -0.1) is 0 Å². The molecule has 0 radical (unpaired) electrons.